The minimum atomic E-state index is -0.936. The number of para-hydroxylation sites is 1. The Balaban J connectivity index is 1.01. The van der Waals surface area contributed by atoms with Gasteiger partial charge in [-0.25, -0.2) is 9.59 Å². The number of likely N-dealkylation sites (tertiary alicyclic amines) is 2. The topological polar surface area (TPSA) is 120 Å². The van der Waals surface area contributed by atoms with E-state index in [1.165, 1.54) is 12.8 Å². The van der Waals surface area contributed by atoms with Crippen molar-refractivity contribution in [1.29, 1.82) is 0 Å². The number of aryl methyl sites for hydroxylation is 1. The van der Waals surface area contributed by atoms with Gasteiger partial charge < -0.3 is 30.1 Å². The van der Waals surface area contributed by atoms with E-state index in [9.17, 15) is 14.4 Å². The van der Waals surface area contributed by atoms with Crippen molar-refractivity contribution >= 4 is 34.8 Å². The highest BCUT2D eigenvalue weighted by Gasteiger charge is 2.36. The number of amides is 4. The number of nitrogens with one attached hydrogen (secondary N) is 2. The number of hydrogen-bond donors (Lipinski definition) is 2. The van der Waals surface area contributed by atoms with Crippen LogP contribution in [0.3, 0.4) is 0 Å². The van der Waals surface area contributed by atoms with Crippen LogP contribution in [0.1, 0.15) is 55.2 Å². The van der Waals surface area contributed by atoms with E-state index in [1.54, 1.807) is 17.3 Å². The summed E-state index contributed by atoms with van der Waals surface area (Å²) in [4.78, 5) is 55.4. The zero-order chi connectivity index (χ0) is 33.0. The molecule has 1 atom stereocenters. The number of rotatable bonds is 6. The molecule has 48 heavy (non-hydrogen) atoms. The van der Waals surface area contributed by atoms with Gasteiger partial charge in [0.1, 0.15) is 0 Å². The number of anilines is 1. The number of benzene rings is 2. The second-order valence-corrected chi connectivity index (χ2v) is 13.9. The van der Waals surface area contributed by atoms with E-state index in [4.69, 9.17) is 4.74 Å². The van der Waals surface area contributed by atoms with E-state index in [0.29, 0.717) is 51.5 Å². The van der Waals surface area contributed by atoms with E-state index < -0.39 is 12.2 Å². The lowest BCUT2D eigenvalue weighted by molar-refractivity contribution is -0.142. The lowest BCUT2D eigenvalue weighted by Crippen LogP contribution is -2.52. The van der Waals surface area contributed by atoms with E-state index in [1.807, 2.05) is 47.1 Å². The third kappa shape index (κ3) is 7.11. The monoisotopic (exact) mass is 653 g/mol. The maximum atomic E-state index is 14.1. The molecule has 3 aromatic rings. The zero-order valence-corrected chi connectivity index (χ0v) is 27.9. The second-order valence-electron chi connectivity index (χ2n) is 13.9. The van der Waals surface area contributed by atoms with Crippen LogP contribution in [0.5, 0.6) is 0 Å². The minimum absolute atomic E-state index is 0.0312. The van der Waals surface area contributed by atoms with Crippen LogP contribution in [0.15, 0.2) is 48.8 Å². The van der Waals surface area contributed by atoms with Gasteiger partial charge in [-0.2, -0.15) is 0 Å². The average molecular weight is 654 g/mol. The summed E-state index contributed by atoms with van der Waals surface area (Å²) >= 11 is 0. The first-order valence-corrected chi connectivity index (χ1v) is 17.7. The van der Waals surface area contributed by atoms with Crippen LogP contribution >= 0.6 is 0 Å². The van der Waals surface area contributed by atoms with Crippen molar-refractivity contribution in [3.05, 3.63) is 65.5 Å². The number of carbonyl (C=O) groups excluding carboxylic acids is 3. The highest BCUT2D eigenvalue weighted by molar-refractivity contribution is 5.91. The van der Waals surface area contributed by atoms with Gasteiger partial charge in [0.15, 0.2) is 6.10 Å². The SMILES string of the molecule is Cc1cc(C[C@@H](OC(=O)N2CCC(N3CCc4ccccc4NC3=O)CC2)C(=O)N2CCC(C3CCNCC3)CC2)cc2nccnc12. The summed E-state index contributed by atoms with van der Waals surface area (Å²) in [5.74, 6) is 1.23. The van der Waals surface area contributed by atoms with E-state index in [0.717, 1.165) is 71.7 Å². The molecule has 7 rings (SSSR count). The summed E-state index contributed by atoms with van der Waals surface area (Å²) < 4.78 is 6.13. The highest BCUT2D eigenvalue weighted by Crippen LogP contribution is 2.32. The largest absolute Gasteiger partial charge is 0.436 e. The van der Waals surface area contributed by atoms with Crippen molar-refractivity contribution in [2.75, 3.05) is 51.1 Å². The Morgan fingerprint density at radius 1 is 0.896 bits per heavy atom. The van der Waals surface area contributed by atoms with Gasteiger partial charge in [0.2, 0.25) is 0 Å². The molecule has 0 radical (unpaired) electrons. The maximum Gasteiger partial charge on any atom is 0.410 e. The maximum absolute atomic E-state index is 14.1. The fraction of sp³-hybridized carbons (Fsp3) is 0.541. The lowest BCUT2D eigenvalue weighted by Gasteiger charge is -2.39. The molecule has 0 saturated carbocycles. The van der Waals surface area contributed by atoms with Gasteiger partial charge in [0.05, 0.1) is 11.0 Å². The van der Waals surface area contributed by atoms with E-state index >= 15 is 0 Å². The zero-order valence-electron chi connectivity index (χ0n) is 27.9. The Labute approximate surface area is 282 Å². The molecule has 4 aliphatic heterocycles. The molecule has 0 aliphatic carbocycles. The number of fused-ring (bicyclic) bond motifs is 2. The molecular weight excluding hydrogens is 606 g/mol. The summed E-state index contributed by atoms with van der Waals surface area (Å²) in [5.41, 5.74) is 5.45. The molecule has 4 amide bonds. The molecule has 4 aliphatic rings. The Morgan fingerprint density at radius 2 is 1.60 bits per heavy atom. The van der Waals surface area contributed by atoms with Gasteiger partial charge in [-0.05, 0) is 106 Å². The molecule has 3 saturated heterocycles. The molecule has 5 heterocycles. The minimum Gasteiger partial charge on any atom is -0.436 e. The fourth-order valence-electron chi connectivity index (χ4n) is 8.24. The first-order chi connectivity index (χ1) is 23.4. The van der Waals surface area contributed by atoms with Gasteiger partial charge in [0.25, 0.3) is 5.91 Å². The number of hydrogen-bond acceptors (Lipinski definition) is 7. The molecule has 3 fully saturated rings. The van der Waals surface area contributed by atoms with Crippen molar-refractivity contribution in [3.8, 4) is 0 Å². The molecule has 1 aromatic heterocycles. The lowest BCUT2D eigenvalue weighted by atomic mass is 9.79. The molecule has 0 spiro atoms. The van der Waals surface area contributed by atoms with Crippen LogP contribution in [0, 0.1) is 18.8 Å². The summed E-state index contributed by atoms with van der Waals surface area (Å²) in [6, 6.07) is 11.8. The fourth-order valence-corrected chi connectivity index (χ4v) is 8.24. The van der Waals surface area contributed by atoms with Gasteiger partial charge >= 0.3 is 12.1 Å². The molecule has 0 unspecified atom stereocenters. The van der Waals surface area contributed by atoms with Crippen LogP contribution in [0.4, 0.5) is 15.3 Å². The Bertz CT molecular complexity index is 1630. The predicted octanol–water partition coefficient (Wildman–Crippen LogP) is 4.78. The first kappa shape index (κ1) is 32.3. The van der Waals surface area contributed by atoms with Crippen molar-refractivity contribution in [1.82, 2.24) is 30.0 Å². The molecular formula is C37H47N7O4. The van der Waals surface area contributed by atoms with Crippen molar-refractivity contribution in [2.24, 2.45) is 11.8 Å². The standard InChI is InChI=1S/C37H47N7O4/c1-25-22-26(23-32-34(25)40-16-15-39-32)24-33(35(45)42-17-8-28(9-18-42)27-6-13-38-14-7-27)48-37(47)43-19-11-30(12-20-43)44-21-10-29-4-2-3-5-31(29)41-36(44)46/h2-5,15-16,22-23,27-28,30,33,38H,6-14,17-21,24H2,1H3,(H,41,46)/t33-/m1/s1. The molecule has 11 heteroatoms. The Kier molecular flexibility index (Phi) is 9.74. The molecule has 0 bridgehead atoms. The third-order valence-electron chi connectivity index (χ3n) is 11.0. The van der Waals surface area contributed by atoms with E-state index in [-0.39, 0.29) is 24.4 Å². The van der Waals surface area contributed by atoms with Crippen LogP contribution in [0.25, 0.3) is 11.0 Å². The molecule has 2 N–H and O–H groups in total. The van der Waals surface area contributed by atoms with Gasteiger partial charge in [-0.1, -0.05) is 24.3 Å². The van der Waals surface area contributed by atoms with Crippen LogP contribution in [-0.2, 0) is 22.4 Å². The van der Waals surface area contributed by atoms with Crippen molar-refractivity contribution < 1.29 is 19.1 Å². The number of urea groups is 1. The molecule has 2 aromatic carbocycles. The third-order valence-corrected chi connectivity index (χ3v) is 11.0. The predicted molar refractivity (Wildman–Crippen MR) is 184 cm³/mol. The van der Waals surface area contributed by atoms with Gasteiger partial charge in [-0.15, -0.1) is 0 Å². The number of aromatic nitrogens is 2. The van der Waals surface area contributed by atoms with Crippen LogP contribution in [0.2, 0.25) is 0 Å². The number of nitrogens with zero attached hydrogens (tertiary/aromatic N) is 5. The molecule has 11 nitrogen and oxygen atoms in total. The summed E-state index contributed by atoms with van der Waals surface area (Å²) in [6.45, 7) is 7.09. The summed E-state index contributed by atoms with van der Waals surface area (Å²) in [7, 11) is 0. The quantitative estimate of drug-likeness (QED) is 0.393. The van der Waals surface area contributed by atoms with Crippen molar-refractivity contribution in [3.63, 3.8) is 0 Å². The highest BCUT2D eigenvalue weighted by atomic mass is 16.6. The van der Waals surface area contributed by atoms with E-state index in [2.05, 4.69) is 26.7 Å². The van der Waals surface area contributed by atoms with Crippen LogP contribution in [-0.4, -0.2) is 101 Å². The number of ether oxygens (including phenoxy) is 1. The smallest absolute Gasteiger partial charge is 0.410 e. The summed E-state index contributed by atoms with van der Waals surface area (Å²) in [5, 5.41) is 6.52. The average Bonchev–Trinajstić information content (AvgIpc) is 3.29. The second kappa shape index (κ2) is 14.5. The number of piperidine rings is 3. The van der Waals surface area contributed by atoms with Crippen molar-refractivity contribution in [2.45, 2.75) is 70.4 Å². The van der Waals surface area contributed by atoms with Crippen LogP contribution < -0.4 is 10.6 Å². The van der Waals surface area contributed by atoms with Gasteiger partial charge in [-0.3, -0.25) is 14.8 Å². The normalized spacial score (nSPS) is 20.6. The summed E-state index contributed by atoms with van der Waals surface area (Å²) in [6.07, 6.45) is 8.70. The Morgan fingerprint density at radius 3 is 2.40 bits per heavy atom. The Hall–Kier alpha value is -4.25. The molecule has 254 valence electrons. The van der Waals surface area contributed by atoms with Gasteiger partial charge in [0, 0.05) is 63.3 Å². The first-order valence-electron chi connectivity index (χ1n) is 17.7. The number of carbonyl (C=O) groups is 3.